The lowest BCUT2D eigenvalue weighted by molar-refractivity contribution is -0.138. The topological polar surface area (TPSA) is 163 Å². The standard InChI is InChI=1S/C54H60N10O4/c1-61-29-9-19-45(61)51(65)59-47(39-13-5-3-6-14-39)53(67)63-31-11-17-43(63)49-55-33-41(57-49)37-25-21-35(22-26-37)36-23-27-38(28-24-36)42-34-56-50(58-42)44-18-12-32-64(44)54(68)48(40-15-7-4-8-16-40)60-52(66)46-20-10-30-62(46)2/h3-8,13-16,21-28,33-34,43-48H,9-12,17-20,29-32H2,1-2H3,(H,55,57)(H,56,58)(H,59,65)(H,60,66)/t43?,44?,45-,46-,47?,48?/m0/s1. The van der Waals surface area contributed by atoms with Crippen LogP contribution in [0.5, 0.6) is 0 Å². The maximum absolute atomic E-state index is 14.4. The number of benzene rings is 4. The van der Waals surface area contributed by atoms with E-state index in [0.717, 1.165) is 121 Å². The van der Waals surface area contributed by atoms with Gasteiger partial charge in [0.05, 0.1) is 47.9 Å². The second-order valence-electron chi connectivity index (χ2n) is 18.9. The van der Waals surface area contributed by atoms with Crippen LogP contribution in [-0.2, 0) is 19.2 Å². The number of hydrogen-bond acceptors (Lipinski definition) is 8. The Kier molecular flexibility index (Phi) is 13.0. The molecule has 2 aromatic heterocycles. The van der Waals surface area contributed by atoms with Gasteiger partial charge in [0, 0.05) is 13.1 Å². The molecule has 0 spiro atoms. The Morgan fingerprint density at radius 3 is 1.24 bits per heavy atom. The van der Waals surface area contributed by atoms with Gasteiger partial charge >= 0.3 is 0 Å². The van der Waals surface area contributed by atoms with Gasteiger partial charge in [0.25, 0.3) is 0 Å². The molecular weight excluding hydrogens is 853 g/mol. The molecule has 0 radical (unpaired) electrons. The van der Waals surface area contributed by atoms with Gasteiger partial charge in [-0.3, -0.25) is 29.0 Å². The highest BCUT2D eigenvalue weighted by Crippen LogP contribution is 2.37. The van der Waals surface area contributed by atoms with Gasteiger partial charge in [-0.05, 0) is 112 Å². The van der Waals surface area contributed by atoms with E-state index in [1.165, 1.54) is 0 Å². The molecule has 4 fully saturated rings. The number of amides is 4. The van der Waals surface area contributed by atoms with Crippen molar-refractivity contribution in [2.45, 2.75) is 87.6 Å². The first-order valence-corrected chi connectivity index (χ1v) is 24.2. The molecule has 4 aliphatic rings. The van der Waals surface area contributed by atoms with Gasteiger partial charge in [0.2, 0.25) is 23.6 Å². The Labute approximate surface area is 397 Å². The second kappa shape index (κ2) is 19.7. The number of aromatic nitrogens is 4. The molecule has 0 bridgehead atoms. The van der Waals surface area contributed by atoms with Gasteiger partial charge in [-0.1, -0.05) is 109 Å². The van der Waals surface area contributed by atoms with Crippen molar-refractivity contribution in [3.63, 3.8) is 0 Å². The molecule has 0 saturated carbocycles. The number of hydrogen-bond donors (Lipinski definition) is 4. The SMILES string of the molecule is CN1CCC[C@H]1C(=O)NC(C(=O)N1CCCC1c1ncc(-c2ccc(-c3ccc(-c4cnc(C5CCCN5C(=O)C(NC(=O)[C@@H]5CCCN5C)c5ccccc5)[nH]4)cc3)cc2)[nH]1)c1ccccc1. The van der Waals surface area contributed by atoms with Crippen molar-refractivity contribution in [2.24, 2.45) is 0 Å². The molecular formula is C54H60N10O4. The van der Waals surface area contributed by atoms with Crippen molar-refractivity contribution in [1.82, 2.24) is 50.2 Å². The molecule has 4 aromatic carbocycles. The van der Waals surface area contributed by atoms with E-state index in [9.17, 15) is 19.2 Å². The fourth-order valence-electron chi connectivity index (χ4n) is 10.8. The maximum atomic E-state index is 14.4. The Bertz CT molecular complexity index is 2530. The van der Waals surface area contributed by atoms with E-state index >= 15 is 0 Å². The molecule has 4 amide bonds. The third-order valence-electron chi connectivity index (χ3n) is 14.6. The smallest absolute Gasteiger partial charge is 0.250 e. The van der Waals surface area contributed by atoms with Gasteiger partial charge in [-0.25, -0.2) is 9.97 Å². The summed E-state index contributed by atoms with van der Waals surface area (Å²) in [6, 6.07) is 33.3. The number of carbonyl (C=O) groups is 4. The lowest BCUT2D eigenvalue weighted by Crippen LogP contribution is -2.48. The number of aromatic amines is 2. The Morgan fingerprint density at radius 1 is 0.500 bits per heavy atom. The lowest BCUT2D eigenvalue weighted by atomic mass is 10.0. The van der Waals surface area contributed by atoms with E-state index in [4.69, 9.17) is 9.97 Å². The highest BCUT2D eigenvalue weighted by Gasteiger charge is 2.40. The number of rotatable bonds is 13. The molecule has 6 aromatic rings. The average Bonchev–Trinajstić information content (AvgIpc) is 4.24. The summed E-state index contributed by atoms with van der Waals surface area (Å²) in [7, 11) is 3.93. The Hall–Kier alpha value is -6.90. The van der Waals surface area contributed by atoms with Crippen molar-refractivity contribution in [1.29, 1.82) is 0 Å². The van der Waals surface area contributed by atoms with Gasteiger partial charge in [0.15, 0.2) is 0 Å². The molecule has 68 heavy (non-hydrogen) atoms. The number of H-pyrrole nitrogens is 2. The van der Waals surface area contributed by atoms with Crippen LogP contribution in [-0.4, -0.2) is 116 Å². The van der Waals surface area contributed by atoms with Crippen LogP contribution in [0, 0.1) is 0 Å². The van der Waals surface area contributed by atoms with Crippen molar-refractivity contribution in [3.8, 4) is 33.6 Å². The van der Waals surface area contributed by atoms with E-state index in [2.05, 4.69) is 78.9 Å². The summed E-state index contributed by atoms with van der Waals surface area (Å²) < 4.78 is 0. The third kappa shape index (κ3) is 9.22. The first kappa shape index (κ1) is 44.9. The third-order valence-corrected chi connectivity index (χ3v) is 14.6. The molecule has 4 aliphatic heterocycles. The van der Waals surface area contributed by atoms with Crippen LogP contribution in [0.2, 0.25) is 0 Å². The number of nitrogens with zero attached hydrogens (tertiary/aromatic N) is 6. The van der Waals surface area contributed by atoms with Crippen LogP contribution in [0.4, 0.5) is 0 Å². The summed E-state index contributed by atoms with van der Waals surface area (Å²) >= 11 is 0. The monoisotopic (exact) mass is 912 g/mol. The normalized spacial score (nSPS) is 21.8. The highest BCUT2D eigenvalue weighted by molar-refractivity contribution is 5.92. The molecule has 10 rings (SSSR count). The summed E-state index contributed by atoms with van der Waals surface area (Å²) in [6.45, 7) is 2.92. The molecule has 0 aliphatic carbocycles. The van der Waals surface area contributed by atoms with E-state index in [0.29, 0.717) is 13.1 Å². The van der Waals surface area contributed by atoms with Gasteiger partial charge in [-0.2, -0.15) is 0 Å². The van der Waals surface area contributed by atoms with Crippen LogP contribution >= 0.6 is 0 Å². The Balaban J connectivity index is 0.793. The quantitative estimate of drug-likeness (QED) is 0.0935. The number of carbonyl (C=O) groups excluding carboxylic acids is 4. The minimum Gasteiger partial charge on any atom is -0.340 e. The summed E-state index contributed by atoms with van der Waals surface area (Å²) in [5.74, 6) is 1.01. The summed E-state index contributed by atoms with van der Waals surface area (Å²) in [5.41, 5.74) is 7.38. The molecule has 4 saturated heterocycles. The molecule has 4 N–H and O–H groups in total. The first-order chi connectivity index (χ1) is 33.2. The predicted molar refractivity (Wildman–Crippen MR) is 260 cm³/mol. The summed E-state index contributed by atoms with van der Waals surface area (Å²) in [6.07, 6.45) is 10.4. The number of likely N-dealkylation sites (tertiary alicyclic amines) is 4. The van der Waals surface area contributed by atoms with Gasteiger partial charge in [0.1, 0.15) is 23.7 Å². The maximum Gasteiger partial charge on any atom is 0.250 e. The zero-order valence-electron chi connectivity index (χ0n) is 38.8. The van der Waals surface area contributed by atoms with Crippen molar-refractivity contribution >= 4 is 23.6 Å². The van der Waals surface area contributed by atoms with Crippen LogP contribution in [0.25, 0.3) is 33.6 Å². The first-order valence-electron chi connectivity index (χ1n) is 24.2. The van der Waals surface area contributed by atoms with Crippen molar-refractivity contribution in [2.75, 3.05) is 40.3 Å². The molecule has 350 valence electrons. The predicted octanol–water partition coefficient (Wildman–Crippen LogP) is 7.36. The molecule has 4 unspecified atom stereocenters. The van der Waals surface area contributed by atoms with E-state index in [1.54, 1.807) is 0 Å². The fraction of sp³-hybridized carbons (Fsp3) is 0.370. The summed E-state index contributed by atoms with van der Waals surface area (Å²) in [5, 5.41) is 6.24. The second-order valence-corrected chi connectivity index (χ2v) is 18.9. The van der Waals surface area contributed by atoms with Crippen LogP contribution in [0.15, 0.2) is 122 Å². The van der Waals surface area contributed by atoms with Gasteiger partial charge in [-0.15, -0.1) is 0 Å². The fourth-order valence-corrected chi connectivity index (χ4v) is 10.8. The molecule has 14 heteroatoms. The number of imidazole rings is 2. The molecule has 6 heterocycles. The summed E-state index contributed by atoms with van der Waals surface area (Å²) in [4.78, 5) is 80.1. The molecule has 6 atom stereocenters. The molecule has 14 nitrogen and oxygen atoms in total. The number of likely N-dealkylation sites (N-methyl/N-ethyl adjacent to an activating group) is 2. The van der Waals surface area contributed by atoms with Crippen molar-refractivity contribution in [3.05, 3.63) is 144 Å². The zero-order chi connectivity index (χ0) is 46.7. The van der Waals surface area contributed by atoms with Gasteiger partial charge < -0.3 is 30.4 Å². The largest absolute Gasteiger partial charge is 0.340 e. The average molecular weight is 913 g/mol. The van der Waals surface area contributed by atoms with Crippen LogP contribution in [0.1, 0.15) is 98.3 Å². The minimum absolute atomic E-state index is 0.110. The lowest BCUT2D eigenvalue weighted by Gasteiger charge is -2.30. The minimum atomic E-state index is -0.781. The highest BCUT2D eigenvalue weighted by atomic mass is 16.2. The van der Waals surface area contributed by atoms with E-state index in [-0.39, 0.29) is 47.8 Å². The van der Waals surface area contributed by atoms with E-state index < -0.39 is 12.1 Å². The van der Waals surface area contributed by atoms with Crippen molar-refractivity contribution < 1.29 is 19.2 Å². The Morgan fingerprint density at radius 2 is 0.868 bits per heavy atom. The van der Waals surface area contributed by atoms with Crippen LogP contribution < -0.4 is 10.6 Å². The zero-order valence-corrected chi connectivity index (χ0v) is 38.8. The number of nitrogens with one attached hydrogen (secondary N) is 4. The van der Waals surface area contributed by atoms with E-state index in [1.807, 2.05) is 97.0 Å². The van der Waals surface area contributed by atoms with Crippen LogP contribution in [0.3, 0.4) is 0 Å².